The minimum atomic E-state index is -2.48. The second kappa shape index (κ2) is 12.8. The Bertz CT molecular complexity index is 676. The van der Waals surface area contributed by atoms with Gasteiger partial charge in [-0.3, -0.25) is 0 Å². The third-order valence-corrected chi connectivity index (χ3v) is 5.55. The van der Waals surface area contributed by atoms with E-state index in [0.29, 0.717) is 18.9 Å². The van der Waals surface area contributed by atoms with Crippen LogP contribution < -0.4 is 10.1 Å². The van der Waals surface area contributed by atoms with Crippen molar-refractivity contribution in [3.63, 3.8) is 0 Å². The standard InChI is InChI=1S/C23H35F2N3O3/c1-2-26-23(27-15-18-6-5-8-20(14-18)31-17-22(24)25)28-11-9-19(10-12-28)30-16-21-7-3-4-13-29-21/h5-6,8,14,19,21-22H,2-4,7,9-13,15-17H2,1H3,(H,26,27). The highest BCUT2D eigenvalue weighted by Gasteiger charge is 2.23. The first-order valence-corrected chi connectivity index (χ1v) is 11.4. The molecule has 6 nitrogen and oxygen atoms in total. The molecule has 2 aliphatic heterocycles. The second-order valence-corrected chi connectivity index (χ2v) is 8.03. The first kappa shape index (κ1) is 23.7. The number of benzene rings is 1. The lowest BCUT2D eigenvalue weighted by atomic mass is 10.1. The molecule has 0 radical (unpaired) electrons. The van der Waals surface area contributed by atoms with Gasteiger partial charge < -0.3 is 24.4 Å². The molecule has 8 heteroatoms. The molecule has 1 atom stereocenters. The highest BCUT2D eigenvalue weighted by molar-refractivity contribution is 5.80. The minimum Gasteiger partial charge on any atom is -0.488 e. The second-order valence-electron chi connectivity index (χ2n) is 8.03. The maximum Gasteiger partial charge on any atom is 0.272 e. The summed E-state index contributed by atoms with van der Waals surface area (Å²) < 4.78 is 41.7. The molecule has 0 aliphatic carbocycles. The lowest BCUT2D eigenvalue weighted by Crippen LogP contribution is -2.47. The molecule has 1 N–H and O–H groups in total. The molecular formula is C23H35F2N3O3. The number of alkyl halides is 2. The van der Waals surface area contributed by atoms with E-state index in [1.54, 1.807) is 18.2 Å². The largest absolute Gasteiger partial charge is 0.488 e. The zero-order chi connectivity index (χ0) is 21.9. The van der Waals surface area contributed by atoms with Gasteiger partial charge in [0.25, 0.3) is 6.43 Å². The quantitative estimate of drug-likeness (QED) is 0.468. The SMILES string of the molecule is CCNC(=NCc1cccc(OCC(F)F)c1)N1CCC(OCC2CCCCO2)CC1. The molecule has 1 aromatic rings. The van der Waals surface area contributed by atoms with Gasteiger partial charge in [0.05, 0.1) is 25.4 Å². The van der Waals surface area contributed by atoms with E-state index in [9.17, 15) is 8.78 Å². The lowest BCUT2D eigenvalue weighted by molar-refractivity contribution is -0.0721. The Morgan fingerprint density at radius 1 is 1.26 bits per heavy atom. The molecule has 3 rings (SSSR count). The number of hydrogen-bond donors (Lipinski definition) is 1. The predicted octanol–water partition coefficient (Wildman–Crippen LogP) is 3.85. The predicted molar refractivity (Wildman–Crippen MR) is 117 cm³/mol. The molecule has 0 bridgehead atoms. The zero-order valence-electron chi connectivity index (χ0n) is 18.4. The Morgan fingerprint density at radius 3 is 2.81 bits per heavy atom. The van der Waals surface area contributed by atoms with Crippen LogP contribution in [0.4, 0.5) is 8.78 Å². The van der Waals surface area contributed by atoms with E-state index in [1.807, 2.05) is 13.0 Å². The summed E-state index contributed by atoms with van der Waals surface area (Å²) in [4.78, 5) is 7.02. The van der Waals surface area contributed by atoms with Gasteiger partial charge in [0.1, 0.15) is 12.4 Å². The Balaban J connectivity index is 1.47. The van der Waals surface area contributed by atoms with Crippen LogP contribution in [-0.4, -0.2) is 68.9 Å². The number of aliphatic imine (C=N–C) groups is 1. The Morgan fingerprint density at radius 2 is 2.10 bits per heavy atom. The summed E-state index contributed by atoms with van der Waals surface area (Å²) in [7, 11) is 0. The van der Waals surface area contributed by atoms with E-state index < -0.39 is 13.0 Å². The summed E-state index contributed by atoms with van der Waals surface area (Å²) in [6, 6.07) is 7.18. The van der Waals surface area contributed by atoms with Crippen molar-refractivity contribution in [2.75, 3.05) is 39.5 Å². The van der Waals surface area contributed by atoms with E-state index in [0.717, 1.165) is 63.4 Å². The van der Waals surface area contributed by atoms with Gasteiger partial charge in [-0.15, -0.1) is 0 Å². The molecule has 2 saturated heterocycles. The van der Waals surface area contributed by atoms with Crippen LogP contribution in [0.5, 0.6) is 5.75 Å². The van der Waals surface area contributed by atoms with Crippen LogP contribution in [0.25, 0.3) is 0 Å². The average Bonchev–Trinajstić information content (AvgIpc) is 2.80. The van der Waals surface area contributed by atoms with E-state index in [1.165, 1.54) is 6.42 Å². The third kappa shape index (κ3) is 8.26. The van der Waals surface area contributed by atoms with Gasteiger partial charge in [-0.05, 0) is 56.7 Å². The van der Waals surface area contributed by atoms with Crippen LogP contribution in [0, 0.1) is 0 Å². The van der Waals surface area contributed by atoms with Crippen LogP contribution in [0.2, 0.25) is 0 Å². The van der Waals surface area contributed by atoms with Gasteiger partial charge in [-0.25, -0.2) is 13.8 Å². The number of guanidine groups is 1. The van der Waals surface area contributed by atoms with Crippen LogP contribution in [0.15, 0.2) is 29.3 Å². The van der Waals surface area contributed by atoms with Crippen molar-refractivity contribution >= 4 is 5.96 Å². The summed E-state index contributed by atoms with van der Waals surface area (Å²) in [5, 5.41) is 3.36. The molecule has 0 aromatic heterocycles. The molecule has 31 heavy (non-hydrogen) atoms. The average molecular weight is 440 g/mol. The number of likely N-dealkylation sites (tertiary alicyclic amines) is 1. The van der Waals surface area contributed by atoms with Gasteiger partial charge in [-0.1, -0.05) is 12.1 Å². The number of piperidine rings is 1. The summed E-state index contributed by atoms with van der Waals surface area (Å²) in [6.45, 7) is 6.03. The Labute approximate surface area is 184 Å². The monoisotopic (exact) mass is 439 g/mol. The number of nitrogens with one attached hydrogen (secondary N) is 1. The van der Waals surface area contributed by atoms with Gasteiger partial charge in [0.15, 0.2) is 5.96 Å². The maximum atomic E-state index is 12.4. The van der Waals surface area contributed by atoms with Crippen molar-refractivity contribution in [2.45, 2.75) is 64.2 Å². The summed E-state index contributed by atoms with van der Waals surface area (Å²) >= 11 is 0. The first-order chi connectivity index (χ1) is 15.1. The van der Waals surface area contributed by atoms with E-state index in [4.69, 9.17) is 19.2 Å². The molecule has 2 aliphatic rings. The van der Waals surface area contributed by atoms with E-state index in [-0.39, 0.29) is 12.2 Å². The number of nitrogens with zero attached hydrogens (tertiary/aromatic N) is 2. The normalized spacial score (nSPS) is 20.8. The zero-order valence-corrected chi connectivity index (χ0v) is 18.4. The Kier molecular flexibility index (Phi) is 9.81. The fourth-order valence-electron chi connectivity index (χ4n) is 3.90. The maximum absolute atomic E-state index is 12.4. The van der Waals surface area contributed by atoms with Gasteiger partial charge in [-0.2, -0.15) is 0 Å². The molecule has 0 saturated carbocycles. The summed E-state index contributed by atoms with van der Waals surface area (Å²) in [5.74, 6) is 1.31. The first-order valence-electron chi connectivity index (χ1n) is 11.4. The van der Waals surface area contributed by atoms with E-state index in [2.05, 4.69) is 10.2 Å². The van der Waals surface area contributed by atoms with Crippen LogP contribution in [0.3, 0.4) is 0 Å². The number of rotatable bonds is 9. The Hall–Kier alpha value is -1.93. The third-order valence-electron chi connectivity index (χ3n) is 5.55. The van der Waals surface area contributed by atoms with Crippen LogP contribution in [-0.2, 0) is 16.0 Å². The number of ether oxygens (including phenoxy) is 3. The summed E-state index contributed by atoms with van der Waals surface area (Å²) in [6.07, 6.45) is 3.47. The molecule has 2 fully saturated rings. The molecule has 2 heterocycles. The van der Waals surface area contributed by atoms with Gasteiger partial charge in [0.2, 0.25) is 0 Å². The van der Waals surface area contributed by atoms with Gasteiger partial charge >= 0.3 is 0 Å². The van der Waals surface area contributed by atoms with E-state index >= 15 is 0 Å². The molecular weight excluding hydrogens is 404 g/mol. The molecule has 0 spiro atoms. The molecule has 1 aromatic carbocycles. The minimum absolute atomic E-state index is 0.256. The molecule has 174 valence electrons. The van der Waals surface area contributed by atoms with Crippen molar-refractivity contribution in [1.82, 2.24) is 10.2 Å². The fraction of sp³-hybridized carbons (Fsp3) is 0.696. The highest BCUT2D eigenvalue weighted by atomic mass is 19.3. The van der Waals surface area contributed by atoms with Crippen molar-refractivity contribution < 1.29 is 23.0 Å². The lowest BCUT2D eigenvalue weighted by Gasteiger charge is -2.35. The molecule has 1 unspecified atom stereocenters. The van der Waals surface area contributed by atoms with Crippen LogP contribution >= 0.6 is 0 Å². The van der Waals surface area contributed by atoms with Gasteiger partial charge in [0, 0.05) is 26.2 Å². The van der Waals surface area contributed by atoms with Crippen molar-refractivity contribution in [3.05, 3.63) is 29.8 Å². The highest BCUT2D eigenvalue weighted by Crippen LogP contribution is 2.19. The fourth-order valence-corrected chi connectivity index (χ4v) is 3.90. The smallest absolute Gasteiger partial charge is 0.272 e. The summed E-state index contributed by atoms with van der Waals surface area (Å²) in [5.41, 5.74) is 0.924. The van der Waals surface area contributed by atoms with Crippen molar-refractivity contribution in [1.29, 1.82) is 0 Å². The number of hydrogen-bond acceptors (Lipinski definition) is 4. The molecule has 0 amide bonds. The topological polar surface area (TPSA) is 55.3 Å². The van der Waals surface area contributed by atoms with Crippen LogP contribution in [0.1, 0.15) is 44.6 Å². The number of halogens is 2. The van der Waals surface area contributed by atoms with Crippen molar-refractivity contribution in [3.8, 4) is 5.75 Å². The van der Waals surface area contributed by atoms with Crippen molar-refractivity contribution in [2.24, 2.45) is 4.99 Å².